The standard InChI is InChI=1S/C45H83NO2/c1-5-7-9-11-13-15-17-19-21-23-25-27-29-31-33-36-40-44(48-45(47)42-38-35-39-43-46(3)4)41-37-34-32-30-28-26-24-22-20-18-16-14-12-10-8-6-2/h13-16,19-22,44H,5-12,17-18,23-43H2,1-4H3/b15-13+,16-14+,21-19+,22-20+. The summed E-state index contributed by atoms with van der Waals surface area (Å²) in [7, 11) is 4.22. The molecule has 48 heavy (non-hydrogen) atoms. The van der Waals surface area contributed by atoms with Crippen LogP contribution in [0.5, 0.6) is 0 Å². The molecule has 0 atom stereocenters. The van der Waals surface area contributed by atoms with E-state index >= 15 is 0 Å². The fraction of sp³-hybridized carbons (Fsp3) is 0.800. The first-order valence-electron chi connectivity index (χ1n) is 21.0. The summed E-state index contributed by atoms with van der Waals surface area (Å²) < 4.78 is 6.05. The fourth-order valence-corrected chi connectivity index (χ4v) is 6.10. The zero-order valence-electron chi connectivity index (χ0n) is 32.9. The van der Waals surface area contributed by atoms with Crippen LogP contribution in [0, 0.1) is 0 Å². The third kappa shape index (κ3) is 38.8. The molecular weight excluding hydrogens is 587 g/mol. The highest BCUT2D eigenvalue weighted by Crippen LogP contribution is 2.18. The van der Waals surface area contributed by atoms with Crippen LogP contribution in [0.4, 0.5) is 0 Å². The lowest BCUT2D eigenvalue weighted by atomic mass is 10.0. The van der Waals surface area contributed by atoms with Gasteiger partial charge in [-0.2, -0.15) is 0 Å². The Hall–Kier alpha value is -1.61. The maximum Gasteiger partial charge on any atom is 0.306 e. The van der Waals surface area contributed by atoms with Crippen molar-refractivity contribution in [3.05, 3.63) is 48.6 Å². The van der Waals surface area contributed by atoms with Crippen molar-refractivity contribution in [1.82, 2.24) is 4.90 Å². The Morgan fingerprint density at radius 1 is 0.479 bits per heavy atom. The monoisotopic (exact) mass is 670 g/mol. The summed E-state index contributed by atoms with van der Waals surface area (Å²) in [5, 5.41) is 0. The number of allylic oxidation sites excluding steroid dienone is 8. The van der Waals surface area contributed by atoms with E-state index in [-0.39, 0.29) is 12.1 Å². The van der Waals surface area contributed by atoms with Gasteiger partial charge in [-0.25, -0.2) is 0 Å². The van der Waals surface area contributed by atoms with E-state index < -0.39 is 0 Å². The van der Waals surface area contributed by atoms with Crippen LogP contribution in [0.2, 0.25) is 0 Å². The van der Waals surface area contributed by atoms with E-state index in [1.54, 1.807) is 0 Å². The molecule has 3 heteroatoms. The number of carbonyl (C=O) groups excluding carboxylic acids is 1. The van der Waals surface area contributed by atoms with Crippen molar-refractivity contribution >= 4 is 5.97 Å². The zero-order valence-corrected chi connectivity index (χ0v) is 32.9. The van der Waals surface area contributed by atoms with Gasteiger partial charge in [0.2, 0.25) is 0 Å². The third-order valence-corrected chi connectivity index (χ3v) is 9.24. The molecule has 0 heterocycles. The first-order valence-corrected chi connectivity index (χ1v) is 21.0. The molecule has 0 aromatic rings. The lowest BCUT2D eigenvalue weighted by Crippen LogP contribution is -2.18. The number of nitrogens with zero attached hydrogens (tertiary/aromatic N) is 1. The lowest BCUT2D eigenvalue weighted by molar-refractivity contribution is -0.150. The average Bonchev–Trinajstić information content (AvgIpc) is 3.07. The first kappa shape index (κ1) is 46.4. The normalized spacial score (nSPS) is 12.4. The van der Waals surface area contributed by atoms with E-state index in [0.29, 0.717) is 6.42 Å². The Labute approximate surface area is 301 Å². The number of carbonyl (C=O) groups is 1. The van der Waals surface area contributed by atoms with Crippen molar-refractivity contribution in [3.63, 3.8) is 0 Å². The van der Waals surface area contributed by atoms with Crippen molar-refractivity contribution in [2.24, 2.45) is 0 Å². The first-order chi connectivity index (χ1) is 23.6. The van der Waals surface area contributed by atoms with E-state index in [9.17, 15) is 4.79 Å². The smallest absolute Gasteiger partial charge is 0.306 e. The Balaban J connectivity index is 4.10. The molecule has 280 valence electrons. The lowest BCUT2D eigenvalue weighted by Gasteiger charge is -2.18. The van der Waals surface area contributed by atoms with Gasteiger partial charge in [0.1, 0.15) is 6.10 Å². The van der Waals surface area contributed by atoms with Crippen molar-refractivity contribution in [2.45, 2.75) is 213 Å². The number of rotatable bonds is 37. The highest BCUT2D eigenvalue weighted by molar-refractivity contribution is 5.69. The van der Waals surface area contributed by atoms with Gasteiger partial charge < -0.3 is 9.64 Å². The van der Waals surface area contributed by atoms with Gasteiger partial charge in [-0.05, 0) is 123 Å². The van der Waals surface area contributed by atoms with Crippen molar-refractivity contribution in [1.29, 1.82) is 0 Å². The predicted molar refractivity (Wildman–Crippen MR) is 215 cm³/mol. The SMILES string of the molecule is CCCCC/C=C/C/C=C/CCCCCCCCC(CCCCCCCC/C=C/C/C=C/CCCCC)OC(=O)CCCCCN(C)C. The molecule has 0 amide bonds. The molecule has 0 aliphatic carbocycles. The molecule has 0 aliphatic rings. The summed E-state index contributed by atoms with van der Waals surface area (Å²) in [4.78, 5) is 14.9. The summed E-state index contributed by atoms with van der Waals surface area (Å²) in [6.07, 6.45) is 55.2. The zero-order chi connectivity index (χ0) is 35.0. The molecule has 0 rings (SSSR count). The second-order valence-corrected chi connectivity index (χ2v) is 14.5. The van der Waals surface area contributed by atoms with Crippen LogP contribution in [0.3, 0.4) is 0 Å². The summed E-state index contributed by atoms with van der Waals surface area (Å²) >= 11 is 0. The Kier molecular flexibility index (Phi) is 38.5. The third-order valence-electron chi connectivity index (χ3n) is 9.24. The topological polar surface area (TPSA) is 29.5 Å². The molecule has 0 saturated heterocycles. The Morgan fingerprint density at radius 3 is 1.27 bits per heavy atom. The second-order valence-electron chi connectivity index (χ2n) is 14.5. The van der Waals surface area contributed by atoms with E-state index in [2.05, 4.69) is 81.5 Å². The fourth-order valence-electron chi connectivity index (χ4n) is 6.10. The van der Waals surface area contributed by atoms with Crippen LogP contribution < -0.4 is 0 Å². The molecule has 0 fully saturated rings. The molecule has 0 aromatic heterocycles. The highest BCUT2D eigenvalue weighted by atomic mass is 16.5. The Bertz CT molecular complexity index is 717. The summed E-state index contributed by atoms with van der Waals surface area (Å²) in [6.45, 7) is 5.62. The molecular formula is C45H83NO2. The van der Waals surface area contributed by atoms with Crippen LogP contribution in [-0.4, -0.2) is 37.6 Å². The van der Waals surface area contributed by atoms with Gasteiger partial charge in [-0.1, -0.05) is 146 Å². The highest BCUT2D eigenvalue weighted by Gasteiger charge is 2.14. The minimum atomic E-state index is 0.0323. The van der Waals surface area contributed by atoms with Crippen molar-refractivity contribution < 1.29 is 9.53 Å². The molecule has 0 N–H and O–H groups in total. The van der Waals surface area contributed by atoms with E-state index in [4.69, 9.17) is 4.74 Å². The van der Waals surface area contributed by atoms with E-state index in [1.807, 2.05) is 0 Å². The molecule has 0 saturated carbocycles. The Morgan fingerprint density at radius 2 is 0.854 bits per heavy atom. The molecule has 0 unspecified atom stereocenters. The molecule has 0 aliphatic heterocycles. The maximum absolute atomic E-state index is 12.6. The molecule has 0 bridgehead atoms. The van der Waals surface area contributed by atoms with Crippen LogP contribution in [0.25, 0.3) is 0 Å². The van der Waals surface area contributed by atoms with Gasteiger partial charge in [0, 0.05) is 6.42 Å². The van der Waals surface area contributed by atoms with E-state index in [1.165, 1.54) is 141 Å². The van der Waals surface area contributed by atoms with Gasteiger partial charge >= 0.3 is 5.97 Å². The van der Waals surface area contributed by atoms with Crippen LogP contribution in [-0.2, 0) is 9.53 Å². The predicted octanol–water partition coefficient (Wildman–Crippen LogP) is 14.4. The number of unbranched alkanes of at least 4 members (excludes halogenated alkanes) is 20. The minimum absolute atomic E-state index is 0.0323. The molecule has 0 spiro atoms. The summed E-state index contributed by atoms with van der Waals surface area (Å²) in [5.41, 5.74) is 0. The number of ether oxygens (including phenoxy) is 1. The van der Waals surface area contributed by atoms with Crippen molar-refractivity contribution in [2.75, 3.05) is 20.6 Å². The second kappa shape index (κ2) is 39.8. The summed E-state index contributed by atoms with van der Waals surface area (Å²) in [5.74, 6) is 0.0323. The van der Waals surface area contributed by atoms with Gasteiger partial charge in [-0.3, -0.25) is 4.79 Å². The molecule has 0 aromatic carbocycles. The molecule has 3 nitrogen and oxygen atoms in total. The van der Waals surface area contributed by atoms with Crippen LogP contribution >= 0.6 is 0 Å². The van der Waals surface area contributed by atoms with Crippen molar-refractivity contribution in [3.8, 4) is 0 Å². The summed E-state index contributed by atoms with van der Waals surface area (Å²) in [6, 6.07) is 0. The largest absolute Gasteiger partial charge is 0.462 e. The maximum atomic E-state index is 12.6. The van der Waals surface area contributed by atoms with Gasteiger partial charge in [0.05, 0.1) is 0 Å². The number of hydrogen-bond acceptors (Lipinski definition) is 3. The average molecular weight is 670 g/mol. The van der Waals surface area contributed by atoms with Gasteiger partial charge in [-0.15, -0.1) is 0 Å². The number of hydrogen-bond donors (Lipinski definition) is 0. The molecule has 0 radical (unpaired) electrons. The van der Waals surface area contributed by atoms with E-state index in [0.717, 1.165) is 51.5 Å². The quantitative estimate of drug-likeness (QED) is 0.0374. The van der Waals surface area contributed by atoms with Gasteiger partial charge in [0.15, 0.2) is 0 Å². The van der Waals surface area contributed by atoms with Crippen LogP contribution in [0.15, 0.2) is 48.6 Å². The van der Waals surface area contributed by atoms with Gasteiger partial charge in [0.25, 0.3) is 0 Å². The number of esters is 1. The minimum Gasteiger partial charge on any atom is -0.462 e. The van der Waals surface area contributed by atoms with Crippen LogP contribution in [0.1, 0.15) is 206 Å².